The Morgan fingerprint density at radius 3 is 2.37 bits per heavy atom. The number of anilines is 1. The minimum absolute atomic E-state index is 0.0482. The van der Waals surface area contributed by atoms with Gasteiger partial charge in [0.05, 0.1) is 6.54 Å². The maximum Gasteiger partial charge on any atom is 0.315 e. The van der Waals surface area contributed by atoms with Crippen LogP contribution >= 0.6 is 0 Å². The highest BCUT2D eigenvalue weighted by Gasteiger charge is 2.13. The number of aromatic nitrogens is 2. The Hall–Kier alpha value is -1.10. The Morgan fingerprint density at radius 1 is 1.11 bits per heavy atom. The number of nitrogens with zero attached hydrogens (tertiary/aromatic N) is 2. The molecule has 5 heteroatoms. The maximum absolute atomic E-state index is 5.56. The molecule has 0 amide bonds. The van der Waals surface area contributed by atoms with Crippen LogP contribution in [-0.2, 0) is 6.54 Å². The fourth-order valence-electron chi connectivity index (χ4n) is 1.59. The Kier molecular flexibility index (Phi) is 5.79. The van der Waals surface area contributed by atoms with Crippen molar-refractivity contribution in [3.63, 3.8) is 0 Å². The Balaban J connectivity index is 2.38. The zero-order valence-electron chi connectivity index (χ0n) is 13.1. The van der Waals surface area contributed by atoms with Crippen molar-refractivity contribution in [3.05, 3.63) is 5.89 Å². The average Bonchev–Trinajstić information content (AvgIpc) is 2.70. The van der Waals surface area contributed by atoms with Crippen molar-refractivity contribution in [3.8, 4) is 0 Å². The minimum Gasteiger partial charge on any atom is -0.407 e. The molecule has 0 fully saturated rings. The number of nitrogens with one attached hydrogen (secondary N) is 2. The van der Waals surface area contributed by atoms with E-state index < -0.39 is 0 Å². The van der Waals surface area contributed by atoms with E-state index in [0.29, 0.717) is 24.5 Å². The fourth-order valence-corrected chi connectivity index (χ4v) is 1.59. The third-order valence-electron chi connectivity index (χ3n) is 2.78. The van der Waals surface area contributed by atoms with Gasteiger partial charge in [0.15, 0.2) is 0 Å². The molecular weight excluding hydrogens is 240 g/mol. The first-order valence-electron chi connectivity index (χ1n) is 7.10. The lowest BCUT2D eigenvalue weighted by Gasteiger charge is -2.18. The van der Waals surface area contributed by atoms with E-state index in [-0.39, 0.29) is 5.54 Å². The highest BCUT2D eigenvalue weighted by atomic mass is 16.4. The summed E-state index contributed by atoms with van der Waals surface area (Å²) in [5, 5.41) is 14.6. The fraction of sp³-hybridized carbons (Fsp3) is 0.857. The molecule has 0 aromatic carbocycles. The van der Waals surface area contributed by atoms with Crippen LogP contribution in [0.15, 0.2) is 4.42 Å². The smallest absolute Gasteiger partial charge is 0.315 e. The Bertz CT molecular complexity index is 368. The summed E-state index contributed by atoms with van der Waals surface area (Å²) in [4.78, 5) is 0. The molecule has 0 saturated carbocycles. The molecule has 0 bridgehead atoms. The van der Waals surface area contributed by atoms with Crippen LogP contribution in [0.2, 0.25) is 0 Å². The zero-order valence-corrected chi connectivity index (χ0v) is 13.1. The lowest BCUT2D eigenvalue weighted by molar-refractivity contribution is 0.382. The van der Waals surface area contributed by atoms with Crippen LogP contribution in [0.5, 0.6) is 0 Å². The van der Waals surface area contributed by atoms with E-state index >= 15 is 0 Å². The van der Waals surface area contributed by atoms with Gasteiger partial charge < -0.3 is 15.1 Å². The van der Waals surface area contributed by atoms with Crippen LogP contribution < -0.4 is 10.6 Å². The summed E-state index contributed by atoms with van der Waals surface area (Å²) >= 11 is 0. The van der Waals surface area contributed by atoms with Gasteiger partial charge in [-0.25, -0.2) is 0 Å². The van der Waals surface area contributed by atoms with Gasteiger partial charge in [-0.15, -0.1) is 5.10 Å². The molecule has 0 radical (unpaired) electrons. The first-order valence-corrected chi connectivity index (χ1v) is 7.10. The van der Waals surface area contributed by atoms with Crippen molar-refractivity contribution in [1.29, 1.82) is 0 Å². The van der Waals surface area contributed by atoms with Crippen LogP contribution in [0, 0.1) is 5.92 Å². The van der Waals surface area contributed by atoms with Crippen LogP contribution in [0.1, 0.15) is 60.3 Å². The van der Waals surface area contributed by atoms with Gasteiger partial charge >= 0.3 is 6.01 Å². The van der Waals surface area contributed by atoms with Gasteiger partial charge in [0.2, 0.25) is 5.89 Å². The van der Waals surface area contributed by atoms with Crippen molar-refractivity contribution in [2.24, 2.45) is 5.92 Å². The van der Waals surface area contributed by atoms with Gasteiger partial charge in [-0.2, -0.15) is 0 Å². The lowest BCUT2D eigenvalue weighted by atomic mass is 10.0. The third kappa shape index (κ3) is 7.15. The number of hydrogen-bond donors (Lipinski definition) is 2. The van der Waals surface area contributed by atoms with Crippen LogP contribution in [0.3, 0.4) is 0 Å². The molecule has 1 heterocycles. The quantitative estimate of drug-likeness (QED) is 0.795. The van der Waals surface area contributed by atoms with Crippen molar-refractivity contribution in [1.82, 2.24) is 15.5 Å². The topological polar surface area (TPSA) is 63.0 Å². The summed E-state index contributed by atoms with van der Waals surface area (Å²) in [6.45, 7) is 13.5. The van der Waals surface area contributed by atoms with Gasteiger partial charge in [-0.3, -0.25) is 0 Å². The third-order valence-corrected chi connectivity index (χ3v) is 2.78. The Labute approximate surface area is 116 Å². The van der Waals surface area contributed by atoms with E-state index in [0.717, 1.165) is 12.3 Å². The Morgan fingerprint density at radius 2 is 1.79 bits per heavy atom. The van der Waals surface area contributed by atoms with Crippen LogP contribution in [0.25, 0.3) is 0 Å². The highest BCUT2D eigenvalue weighted by Crippen LogP contribution is 2.12. The molecule has 110 valence electrons. The summed E-state index contributed by atoms with van der Waals surface area (Å²) in [5.41, 5.74) is 0.0482. The zero-order chi connectivity index (χ0) is 14.5. The average molecular weight is 268 g/mol. The van der Waals surface area contributed by atoms with Crippen molar-refractivity contribution < 1.29 is 4.42 Å². The molecule has 5 nitrogen and oxygen atoms in total. The second-order valence-electron chi connectivity index (χ2n) is 6.62. The van der Waals surface area contributed by atoms with E-state index in [1.165, 1.54) is 6.42 Å². The highest BCUT2D eigenvalue weighted by molar-refractivity contribution is 5.18. The van der Waals surface area contributed by atoms with Crippen molar-refractivity contribution >= 4 is 6.01 Å². The summed E-state index contributed by atoms with van der Waals surface area (Å²) in [5.74, 6) is 1.34. The first-order chi connectivity index (χ1) is 8.76. The molecule has 1 rings (SSSR count). The molecular formula is C14H28N4O. The van der Waals surface area contributed by atoms with Crippen molar-refractivity contribution in [2.75, 3.05) is 5.32 Å². The molecule has 1 unspecified atom stereocenters. The summed E-state index contributed by atoms with van der Waals surface area (Å²) in [7, 11) is 0. The van der Waals surface area contributed by atoms with Gasteiger partial charge in [-0.05, 0) is 46.5 Å². The molecule has 19 heavy (non-hydrogen) atoms. The summed E-state index contributed by atoms with van der Waals surface area (Å²) in [6.07, 6.45) is 2.30. The molecule has 2 N–H and O–H groups in total. The molecule has 0 aliphatic heterocycles. The molecule has 1 atom stereocenters. The van der Waals surface area contributed by atoms with Gasteiger partial charge in [-0.1, -0.05) is 18.9 Å². The molecule has 0 spiro atoms. The minimum atomic E-state index is 0.0482. The van der Waals surface area contributed by atoms with E-state index in [2.05, 4.69) is 62.4 Å². The van der Waals surface area contributed by atoms with E-state index in [1.807, 2.05) is 0 Å². The molecule has 0 saturated heterocycles. The lowest BCUT2D eigenvalue weighted by Crippen LogP contribution is -2.35. The number of rotatable bonds is 7. The summed E-state index contributed by atoms with van der Waals surface area (Å²) in [6, 6.07) is 0.869. The predicted octanol–water partition coefficient (Wildman–Crippen LogP) is 3.19. The molecule has 1 aromatic heterocycles. The van der Waals surface area contributed by atoms with E-state index in [4.69, 9.17) is 4.42 Å². The number of hydrogen-bond acceptors (Lipinski definition) is 5. The normalized spacial score (nSPS) is 13.8. The molecule has 0 aliphatic rings. The largest absolute Gasteiger partial charge is 0.407 e. The standard InChI is InChI=1S/C14H28N4O/c1-10(2)7-8-11(3)16-13-18-17-12(19-13)9-15-14(4,5)6/h10-11,15H,7-9H2,1-6H3,(H,16,18). The van der Waals surface area contributed by atoms with Crippen LogP contribution in [-0.4, -0.2) is 21.8 Å². The molecule has 0 aliphatic carbocycles. The summed E-state index contributed by atoms with van der Waals surface area (Å²) < 4.78 is 5.56. The van der Waals surface area contributed by atoms with E-state index in [1.54, 1.807) is 0 Å². The predicted molar refractivity (Wildman–Crippen MR) is 78.0 cm³/mol. The first kappa shape index (κ1) is 16.0. The molecule has 1 aromatic rings. The van der Waals surface area contributed by atoms with E-state index in [9.17, 15) is 0 Å². The second-order valence-corrected chi connectivity index (χ2v) is 6.62. The van der Waals surface area contributed by atoms with Gasteiger partial charge in [0, 0.05) is 11.6 Å². The second kappa shape index (κ2) is 6.89. The SMILES string of the molecule is CC(C)CCC(C)Nc1nnc(CNC(C)(C)C)o1. The van der Waals surface area contributed by atoms with Gasteiger partial charge in [0.25, 0.3) is 0 Å². The van der Waals surface area contributed by atoms with Crippen LogP contribution in [0.4, 0.5) is 6.01 Å². The van der Waals surface area contributed by atoms with Crippen molar-refractivity contribution in [2.45, 2.75) is 72.5 Å². The monoisotopic (exact) mass is 268 g/mol. The maximum atomic E-state index is 5.56. The van der Waals surface area contributed by atoms with Gasteiger partial charge in [0.1, 0.15) is 0 Å².